The van der Waals surface area contributed by atoms with Crippen molar-refractivity contribution in [2.45, 2.75) is 44.9 Å². The van der Waals surface area contributed by atoms with Gasteiger partial charge in [0, 0.05) is 40.3 Å². The first-order chi connectivity index (χ1) is 26.8. The molecule has 0 aromatic heterocycles. The van der Waals surface area contributed by atoms with E-state index in [0.29, 0.717) is 33.0 Å². The fourth-order valence-electron chi connectivity index (χ4n) is 5.09. The number of carbonyl (C=O) groups excluding carboxylic acids is 5. The molecule has 0 unspecified atom stereocenters. The molecule has 5 amide bonds. The first-order valence-corrected chi connectivity index (χ1v) is 18.8. The topological polar surface area (TPSA) is 180 Å². The average molecular weight is 773 g/mol. The Balaban J connectivity index is 1.67. The van der Waals surface area contributed by atoms with Crippen LogP contribution in [0.4, 0.5) is 0 Å². The summed E-state index contributed by atoms with van der Waals surface area (Å²) in [5.74, 6) is -2.11. The summed E-state index contributed by atoms with van der Waals surface area (Å²) in [6.07, 6.45) is 4.60. The number of imide groups is 1. The molecule has 0 aliphatic rings. The third kappa shape index (κ3) is 24.7. The van der Waals surface area contributed by atoms with Crippen LogP contribution in [0.5, 0.6) is 0 Å². The number of carbonyl (C=O) groups is 5. The number of nitrogens with zero attached hydrogens (tertiary/aromatic N) is 1. The van der Waals surface area contributed by atoms with Gasteiger partial charge in [-0.15, -0.1) is 0 Å². The molecule has 55 heavy (non-hydrogen) atoms. The van der Waals surface area contributed by atoms with Crippen LogP contribution >= 0.6 is 0 Å². The van der Waals surface area contributed by atoms with E-state index >= 15 is 0 Å². The summed E-state index contributed by atoms with van der Waals surface area (Å²) < 4.78 is 31.1. The molecule has 0 saturated carbocycles. The van der Waals surface area contributed by atoms with E-state index < -0.39 is 23.6 Å². The Bertz CT molecular complexity index is 1360. The van der Waals surface area contributed by atoms with Crippen LogP contribution in [0.15, 0.2) is 54.6 Å². The van der Waals surface area contributed by atoms with Gasteiger partial charge < -0.3 is 44.0 Å². The maximum atomic E-state index is 12.9. The number of nitrogens with one attached hydrogen (secondary N) is 3. The van der Waals surface area contributed by atoms with E-state index in [0.717, 1.165) is 31.2 Å². The predicted molar refractivity (Wildman–Crippen MR) is 205 cm³/mol. The van der Waals surface area contributed by atoms with E-state index in [1.165, 1.54) is 16.0 Å². The van der Waals surface area contributed by atoms with E-state index in [-0.39, 0.29) is 84.4 Å². The summed E-state index contributed by atoms with van der Waals surface area (Å²) in [7, 11) is 3.14. The van der Waals surface area contributed by atoms with Gasteiger partial charge in [-0.2, -0.15) is 0 Å². The Kier molecular flexibility index (Phi) is 26.4. The number of methoxy groups -OCH3 is 2. The Hall–Kier alpha value is -4.25. The molecule has 2 rings (SSSR count). The van der Waals surface area contributed by atoms with Crippen molar-refractivity contribution in [2.24, 2.45) is 0 Å². The number of rotatable bonds is 32. The van der Waals surface area contributed by atoms with Gasteiger partial charge in [-0.3, -0.25) is 29.3 Å². The second-order valence-electron chi connectivity index (χ2n) is 12.6. The third-order valence-electron chi connectivity index (χ3n) is 8.05. The molecular formula is C40H60N4O11. The van der Waals surface area contributed by atoms with Crippen LogP contribution in [0, 0.1) is 0 Å². The fraction of sp³-hybridized carbons (Fsp3) is 0.575. The number of hydrogen-bond donors (Lipinski definition) is 3. The average Bonchev–Trinajstić information content (AvgIpc) is 3.18. The van der Waals surface area contributed by atoms with Crippen LogP contribution in [0.3, 0.4) is 0 Å². The smallest absolute Gasteiger partial charge is 0.249 e. The Morgan fingerprint density at radius 2 is 1.09 bits per heavy atom. The van der Waals surface area contributed by atoms with E-state index in [1.807, 2.05) is 30.3 Å². The van der Waals surface area contributed by atoms with Crippen LogP contribution in [-0.4, -0.2) is 141 Å². The van der Waals surface area contributed by atoms with Gasteiger partial charge in [-0.05, 0) is 48.8 Å². The number of benzene rings is 2. The summed E-state index contributed by atoms with van der Waals surface area (Å²) in [6, 6.07) is 18.3. The van der Waals surface area contributed by atoms with E-state index in [4.69, 9.17) is 28.4 Å². The van der Waals surface area contributed by atoms with Gasteiger partial charge in [0.25, 0.3) is 0 Å². The van der Waals surface area contributed by atoms with Gasteiger partial charge in [0.2, 0.25) is 29.5 Å². The molecule has 0 aliphatic heterocycles. The molecule has 0 saturated heterocycles. The quantitative estimate of drug-likeness (QED) is 0.0921. The molecule has 0 fully saturated rings. The molecule has 0 bridgehead atoms. The Morgan fingerprint density at radius 3 is 1.73 bits per heavy atom. The van der Waals surface area contributed by atoms with Crippen molar-refractivity contribution in [1.82, 2.24) is 20.9 Å². The van der Waals surface area contributed by atoms with Gasteiger partial charge in [-0.25, -0.2) is 0 Å². The molecule has 0 heterocycles. The van der Waals surface area contributed by atoms with Gasteiger partial charge >= 0.3 is 0 Å². The SMILES string of the molecule is COCCOCCOCC(=O)NCCN(CC(=O)NCCCC(=O)NC(=O)Cc1ccc(CCCCc2ccccc2)cc1)C(=O)COCCOCCOC. The van der Waals surface area contributed by atoms with Gasteiger partial charge in [0.1, 0.15) is 13.2 Å². The lowest BCUT2D eigenvalue weighted by atomic mass is 10.0. The summed E-state index contributed by atoms with van der Waals surface area (Å²) in [5, 5.41) is 7.77. The van der Waals surface area contributed by atoms with Crippen molar-refractivity contribution in [3.63, 3.8) is 0 Å². The largest absolute Gasteiger partial charge is 0.382 e. The molecular weight excluding hydrogens is 712 g/mol. The van der Waals surface area contributed by atoms with Crippen molar-refractivity contribution in [1.29, 1.82) is 0 Å². The molecule has 0 radical (unpaired) electrons. The number of hydrogen-bond acceptors (Lipinski definition) is 11. The lowest BCUT2D eigenvalue weighted by Gasteiger charge is -2.22. The molecule has 15 nitrogen and oxygen atoms in total. The van der Waals surface area contributed by atoms with Crippen molar-refractivity contribution >= 4 is 29.5 Å². The molecule has 2 aromatic carbocycles. The highest BCUT2D eigenvalue weighted by molar-refractivity contribution is 5.96. The van der Waals surface area contributed by atoms with Crippen molar-refractivity contribution in [3.05, 3.63) is 71.3 Å². The molecule has 306 valence electrons. The van der Waals surface area contributed by atoms with E-state index in [2.05, 4.69) is 40.2 Å². The maximum absolute atomic E-state index is 12.9. The molecule has 2 aromatic rings. The minimum atomic E-state index is -0.449. The Labute approximate surface area is 325 Å². The fourth-order valence-corrected chi connectivity index (χ4v) is 5.09. The third-order valence-corrected chi connectivity index (χ3v) is 8.05. The highest BCUT2D eigenvalue weighted by Gasteiger charge is 2.18. The highest BCUT2D eigenvalue weighted by atomic mass is 16.5. The van der Waals surface area contributed by atoms with Crippen molar-refractivity contribution in [3.8, 4) is 0 Å². The van der Waals surface area contributed by atoms with Gasteiger partial charge in [-0.1, -0.05) is 54.6 Å². The zero-order valence-electron chi connectivity index (χ0n) is 32.5. The van der Waals surface area contributed by atoms with Crippen LogP contribution in [-0.2, 0) is 71.7 Å². The minimum Gasteiger partial charge on any atom is -0.382 e. The molecule has 0 spiro atoms. The first-order valence-electron chi connectivity index (χ1n) is 18.8. The molecule has 0 atom stereocenters. The minimum absolute atomic E-state index is 0.0320. The zero-order valence-corrected chi connectivity index (χ0v) is 32.5. The second kappa shape index (κ2) is 31.0. The summed E-state index contributed by atoms with van der Waals surface area (Å²) in [6.45, 7) is 2.27. The van der Waals surface area contributed by atoms with Crippen LogP contribution in [0.25, 0.3) is 0 Å². The maximum Gasteiger partial charge on any atom is 0.249 e. The number of amides is 5. The van der Waals surface area contributed by atoms with Gasteiger partial charge in [0.05, 0.1) is 65.8 Å². The summed E-state index contributed by atoms with van der Waals surface area (Å²) >= 11 is 0. The molecule has 0 aliphatic carbocycles. The number of aryl methyl sites for hydroxylation is 2. The number of unbranched alkanes of at least 4 members (excludes halogenated alkanes) is 1. The standard InChI is InChI=1S/C40H60N4O11/c1-50-21-23-52-25-27-54-31-39(48)42-19-20-44(40(49)32-55-28-26-53-24-22-51-2)30-38(47)41-18-8-13-36(45)43-37(46)29-35-16-14-34(15-17-35)12-7-6-11-33-9-4-3-5-10-33/h3-5,9-10,14-17H,6-8,11-13,18-32H2,1-2H3,(H,41,47)(H,42,48)(H,43,45,46). The van der Waals surface area contributed by atoms with Crippen molar-refractivity contribution in [2.75, 3.05) is 106 Å². The lowest BCUT2D eigenvalue weighted by Crippen LogP contribution is -2.46. The molecule has 15 heteroatoms. The van der Waals surface area contributed by atoms with Crippen LogP contribution < -0.4 is 16.0 Å². The highest BCUT2D eigenvalue weighted by Crippen LogP contribution is 2.11. The van der Waals surface area contributed by atoms with E-state index in [9.17, 15) is 24.0 Å². The molecule has 3 N–H and O–H groups in total. The van der Waals surface area contributed by atoms with Crippen LogP contribution in [0.1, 0.15) is 42.4 Å². The monoisotopic (exact) mass is 772 g/mol. The number of ether oxygens (including phenoxy) is 6. The lowest BCUT2D eigenvalue weighted by molar-refractivity contribution is -0.140. The summed E-state index contributed by atoms with van der Waals surface area (Å²) in [4.78, 5) is 63.9. The normalized spacial score (nSPS) is 10.9. The zero-order chi connectivity index (χ0) is 39.8. The van der Waals surface area contributed by atoms with Gasteiger partial charge in [0.15, 0.2) is 0 Å². The summed E-state index contributed by atoms with van der Waals surface area (Å²) in [5.41, 5.74) is 3.37. The second-order valence-corrected chi connectivity index (χ2v) is 12.6. The van der Waals surface area contributed by atoms with E-state index in [1.54, 1.807) is 14.2 Å². The Morgan fingerprint density at radius 1 is 0.545 bits per heavy atom. The first kappa shape index (κ1) is 46.9. The predicted octanol–water partition coefficient (Wildman–Crippen LogP) is 1.64. The van der Waals surface area contributed by atoms with Crippen LogP contribution in [0.2, 0.25) is 0 Å². The van der Waals surface area contributed by atoms with Crippen molar-refractivity contribution < 1.29 is 52.4 Å².